The van der Waals surface area contributed by atoms with Gasteiger partial charge in [-0.3, -0.25) is 4.98 Å². The lowest BCUT2D eigenvalue weighted by atomic mass is 10.1. The second-order valence-corrected chi connectivity index (χ2v) is 4.70. The maximum Gasteiger partial charge on any atom is 0.191 e. The molecule has 0 atom stereocenters. The van der Waals surface area contributed by atoms with Crippen molar-refractivity contribution in [1.82, 2.24) is 15.0 Å². The van der Waals surface area contributed by atoms with Gasteiger partial charge in [-0.2, -0.15) is 0 Å². The summed E-state index contributed by atoms with van der Waals surface area (Å²) in [4.78, 5) is 12.7. The minimum absolute atomic E-state index is 0.588. The molecule has 0 spiro atoms. The van der Waals surface area contributed by atoms with E-state index in [1.54, 1.807) is 12.3 Å². The van der Waals surface area contributed by atoms with Crippen LogP contribution in [0.5, 0.6) is 0 Å². The largest absolute Gasteiger partial charge is 0.366 e. The Bertz CT molecular complexity index is 537. The van der Waals surface area contributed by atoms with Crippen molar-refractivity contribution in [3.63, 3.8) is 0 Å². The molecular weight excluding hydrogens is 260 g/mol. The number of anilines is 2. The van der Waals surface area contributed by atoms with Crippen LogP contribution in [0.3, 0.4) is 0 Å². The van der Waals surface area contributed by atoms with Gasteiger partial charge in [0, 0.05) is 25.0 Å². The van der Waals surface area contributed by atoms with E-state index in [1.165, 1.54) is 17.3 Å². The van der Waals surface area contributed by atoms with Crippen molar-refractivity contribution in [1.29, 1.82) is 0 Å². The minimum Gasteiger partial charge on any atom is -0.366 e. The van der Waals surface area contributed by atoms with Crippen LogP contribution in [0.4, 0.5) is 11.6 Å². The Kier molecular flexibility index (Phi) is 4.53. The molecule has 2 heterocycles. The second kappa shape index (κ2) is 6.35. The molecule has 0 saturated carbocycles. The third-order valence-corrected chi connectivity index (χ3v) is 3.19. The van der Waals surface area contributed by atoms with Gasteiger partial charge in [-0.15, -0.1) is 0 Å². The number of nitrogen functional groups attached to an aromatic ring is 1. The van der Waals surface area contributed by atoms with Crippen LogP contribution in [0.2, 0.25) is 0 Å². The summed E-state index contributed by atoms with van der Waals surface area (Å²) in [5, 5.41) is 3.92. The summed E-state index contributed by atoms with van der Waals surface area (Å²) in [7, 11) is 0. The molecule has 19 heavy (non-hydrogen) atoms. The van der Waals surface area contributed by atoms with Crippen LogP contribution in [-0.2, 0) is 6.54 Å². The monoisotopic (exact) mass is 276 g/mol. The number of aryl methyl sites for hydroxylation is 1. The van der Waals surface area contributed by atoms with Gasteiger partial charge in [0.25, 0.3) is 0 Å². The quantitative estimate of drug-likeness (QED) is 0.332. The smallest absolute Gasteiger partial charge is 0.191 e. The first-order valence-electron chi connectivity index (χ1n) is 5.76. The van der Waals surface area contributed by atoms with E-state index in [4.69, 9.17) is 5.84 Å². The number of hydrogen-bond donors (Lipinski definition) is 3. The number of nitrogens with one attached hydrogen (secondary N) is 2. The molecule has 0 bridgehead atoms. The van der Waals surface area contributed by atoms with Crippen LogP contribution >= 0.6 is 11.8 Å². The highest BCUT2D eigenvalue weighted by atomic mass is 32.2. The average molecular weight is 276 g/mol. The van der Waals surface area contributed by atoms with Crippen molar-refractivity contribution in [2.45, 2.75) is 18.6 Å². The van der Waals surface area contributed by atoms with Gasteiger partial charge < -0.3 is 10.7 Å². The number of hydrogen-bond acceptors (Lipinski definition) is 7. The van der Waals surface area contributed by atoms with Gasteiger partial charge in [-0.25, -0.2) is 15.8 Å². The zero-order valence-corrected chi connectivity index (χ0v) is 11.7. The van der Waals surface area contributed by atoms with E-state index >= 15 is 0 Å². The van der Waals surface area contributed by atoms with E-state index in [1.807, 2.05) is 18.5 Å². The van der Waals surface area contributed by atoms with Crippen LogP contribution in [0.15, 0.2) is 29.7 Å². The normalized spacial score (nSPS) is 10.3. The van der Waals surface area contributed by atoms with E-state index in [0.717, 1.165) is 11.4 Å². The molecule has 0 radical (unpaired) electrons. The maximum absolute atomic E-state index is 5.39. The Morgan fingerprint density at radius 1 is 1.32 bits per heavy atom. The first kappa shape index (κ1) is 13.6. The molecule has 0 fully saturated rings. The summed E-state index contributed by atoms with van der Waals surface area (Å²) in [5.41, 5.74) is 4.86. The fraction of sp³-hybridized carbons (Fsp3) is 0.250. The highest BCUT2D eigenvalue weighted by molar-refractivity contribution is 7.98. The lowest BCUT2D eigenvalue weighted by molar-refractivity contribution is 0.949. The molecule has 6 nitrogen and oxygen atoms in total. The second-order valence-electron chi connectivity index (χ2n) is 3.93. The number of rotatable bonds is 5. The summed E-state index contributed by atoms with van der Waals surface area (Å²) in [6.45, 7) is 2.72. The molecule has 0 aliphatic rings. The lowest BCUT2D eigenvalue weighted by Gasteiger charge is -2.10. The standard InChI is InChI=1S/C12H16N6S/c1-8-3-4-14-6-9(8)7-15-10-5-11(18-13)17-12(16-10)19-2/h3-6H,7,13H2,1-2H3,(H2,15,16,17,18). The van der Waals surface area contributed by atoms with E-state index in [-0.39, 0.29) is 0 Å². The lowest BCUT2D eigenvalue weighted by Crippen LogP contribution is -2.11. The summed E-state index contributed by atoms with van der Waals surface area (Å²) in [5.74, 6) is 6.71. The molecule has 0 aromatic carbocycles. The third kappa shape index (κ3) is 3.55. The van der Waals surface area contributed by atoms with Crippen molar-refractivity contribution < 1.29 is 0 Å². The Morgan fingerprint density at radius 2 is 2.11 bits per heavy atom. The van der Waals surface area contributed by atoms with Gasteiger partial charge in [0.05, 0.1) is 0 Å². The first-order chi connectivity index (χ1) is 9.22. The van der Waals surface area contributed by atoms with Gasteiger partial charge >= 0.3 is 0 Å². The molecule has 0 unspecified atom stereocenters. The van der Waals surface area contributed by atoms with Gasteiger partial charge in [0.1, 0.15) is 11.6 Å². The van der Waals surface area contributed by atoms with Crippen LogP contribution in [0.1, 0.15) is 11.1 Å². The predicted octanol–water partition coefficient (Wildman–Crippen LogP) is 1.80. The average Bonchev–Trinajstić information content (AvgIpc) is 2.46. The van der Waals surface area contributed by atoms with Crippen LogP contribution < -0.4 is 16.6 Å². The number of nitrogens with zero attached hydrogens (tertiary/aromatic N) is 3. The molecular formula is C12H16N6S. The molecule has 100 valence electrons. The molecule has 0 saturated heterocycles. The molecule has 2 aromatic heterocycles. The summed E-state index contributed by atoms with van der Waals surface area (Å²) in [6.07, 6.45) is 5.55. The molecule has 0 aliphatic carbocycles. The van der Waals surface area contributed by atoms with Crippen molar-refractivity contribution >= 4 is 23.4 Å². The SMILES string of the molecule is CSc1nc(NN)cc(NCc2cnccc2C)n1. The molecule has 4 N–H and O–H groups in total. The highest BCUT2D eigenvalue weighted by Gasteiger charge is 2.04. The van der Waals surface area contributed by atoms with Crippen LogP contribution in [0, 0.1) is 6.92 Å². The van der Waals surface area contributed by atoms with Gasteiger partial charge in [0.15, 0.2) is 5.16 Å². The zero-order chi connectivity index (χ0) is 13.7. The fourth-order valence-electron chi connectivity index (χ4n) is 1.55. The number of pyridine rings is 1. The summed E-state index contributed by atoms with van der Waals surface area (Å²) < 4.78 is 0. The topological polar surface area (TPSA) is 88.8 Å². The van der Waals surface area contributed by atoms with Crippen LogP contribution in [0.25, 0.3) is 0 Å². The van der Waals surface area contributed by atoms with E-state index in [2.05, 4.69) is 32.6 Å². The fourth-order valence-corrected chi connectivity index (χ4v) is 1.93. The van der Waals surface area contributed by atoms with Crippen LogP contribution in [-0.4, -0.2) is 21.2 Å². The highest BCUT2D eigenvalue weighted by Crippen LogP contribution is 2.17. The Balaban J connectivity index is 2.13. The summed E-state index contributed by atoms with van der Waals surface area (Å²) in [6, 6.07) is 3.75. The van der Waals surface area contributed by atoms with E-state index in [0.29, 0.717) is 17.5 Å². The molecule has 7 heteroatoms. The van der Waals surface area contributed by atoms with Gasteiger partial charge in [-0.1, -0.05) is 11.8 Å². The molecule has 2 rings (SSSR count). The predicted molar refractivity (Wildman–Crippen MR) is 77.9 cm³/mol. The first-order valence-corrected chi connectivity index (χ1v) is 6.98. The van der Waals surface area contributed by atoms with E-state index in [9.17, 15) is 0 Å². The molecule has 2 aromatic rings. The summed E-state index contributed by atoms with van der Waals surface area (Å²) >= 11 is 1.47. The number of nitrogens with two attached hydrogens (primary N) is 1. The van der Waals surface area contributed by atoms with Crippen molar-refractivity contribution in [2.24, 2.45) is 5.84 Å². The Hall–Kier alpha value is -1.86. The van der Waals surface area contributed by atoms with Crippen molar-refractivity contribution in [3.8, 4) is 0 Å². The number of thioether (sulfide) groups is 1. The Morgan fingerprint density at radius 3 is 2.79 bits per heavy atom. The van der Waals surface area contributed by atoms with Crippen molar-refractivity contribution in [3.05, 3.63) is 35.7 Å². The maximum atomic E-state index is 5.39. The Labute approximate surface area is 116 Å². The molecule has 0 amide bonds. The third-order valence-electron chi connectivity index (χ3n) is 2.64. The zero-order valence-electron chi connectivity index (χ0n) is 10.8. The van der Waals surface area contributed by atoms with Crippen molar-refractivity contribution in [2.75, 3.05) is 17.0 Å². The van der Waals surface area contributed by atoms with Gasteiger partial charge in [0.2, 0.25) is 0 Å². The molecule has 0 aliphatic heterocycles. The number of aromatic nitrogens is 3. The number of hydrazine groups is 1. The van der Waals surface area contributed by atoms with E-state index < -0.39 is 0 Å². The van der Waals surface area contributed by atoms with Gasteiger partial charge in [-0.05, 0) is 30.4 Å². The minimum atomic E-state index is 0.588.